The maximum atomic E-state index is 12.0. The fourth-order valence-electron chi connectivity index (χ4n) is 2.10. The molecule has 0 bridgehead atoms. The van der Waals surface area contributed by atoms with Crippen LogP contribution in [0.3, 0.4) is 0 Å². The van der Waals surface area contributed by atoms with Crippen LogP contribution in [0.1, 0.15) is 24.8 Å². The summed E-state index contributed by atoms with van der Waals surface area (Å²) in [4.78, 5) is 12.0. The van der Waals surface area contributed by atoms with Gasteiger partial charge in [0.15, 0.2) is 5.78 Å². The molecule has 0 aromatic heterocycles. The summed E-state index contributed by atoms with van der Waals surface area (Å²) >= 11 is 11.8. The topological polar surface area (TPSA) is 29.1 Å². The Morgan fingerprint density at radius 2 is 2.12 bits per heavy atom. The second kappa shape index (κ2) is 5.85. The Bertz CT molecular complexity index is 414. The molecule has 1 aliphatic heterocycles. The minimum Gasteiger partial charge on any atom is -0.307 e. The molecule has 0 amide bonds. The van der Waals surface area contributed by atoms with Gasteiger partial charge in [-0.2, -0.15) is 0 Å². The largest absolute Gasteiger partial charge is 0.307 e. The highest BCUT2D eigenvalue weighted by atomic mass is 35.5. The third-order valence-electron chi connectivity index (χ3n) is 3.06. The minimum absolute atomic E-state index is 0.0122. The standard InChI is InChI=1S/C13H15Cl2NO/c14-10-5-4-9(7-11(10)15)8-13(17)12-3-1-2-6-16-12/h4-5,7,12,16H,1-3,6,8H2. The van der Waals surface area contributed by atoms with Crippen molar-refractivity contribution in [1.29, 1.82) is 0 Å². The van der Waals surface area contributed by atoms with Gasteiger partial charge < -0.3 is 5.32 Å². The molecule has 1 heterocycles. The summed E-state index contributed by atoms with van der Waals surface area (Å²) in [6.07, 6.45) is 3.66. The summed E-state index contributed by atoms with van der Waals surface area (Å²) in [7, 11) is 0. The summed E-state index contributed by atoms with van der Waals surface area (Å²) in [5.41, 5.74) is 0.928. The molecular formula is C13H15Cl2NO. The lowest BCUT2D eigenvalue weighted by Crippen LogP contribution is -2.41. The quantitative estimate of drug-likeness (QED) is 0.915. The molecule has 2 nitrogen and oxygen atoms in total. The van der Waals surface area contributed by atoms with E-state index in [9.17, 15) is 4.79 Å². The van der Waals surface area contributed by atoms with Crippen molar-refractivity contribution in [1.82, 2.24) is 5.32 Å². The van der Waals surface area contributed by atoms with Crippen LogP contribution >= 0.6 is 23.2 Å². The average molecular weight is 272 g/mol. The molecule has 0 radical (unpaired) electrons. The summed E-state index contributed by atoms with van der Waals surface area (Å²) in [6.45, 7) is 0.942. The van der Waals surface area contributed by atoms with E-state index < -0.39 is 0 Å². The van der Waals surface area contributed by atoms with Gasteiger partial charge in [-0.1, -0.05) is 35.7 Å². The number of Topliss-reactive ketones (excluding diaryl/α,β-unsaturated/α-hetero) is 1. The van der Waals surface area contributed by atoms with Gasteiger partial charge in [-0.15, -0.1) is 0 Å². The zero-order valence-corrected chi connectivity index (χ0v) is 11.0. The van der Waals surface area contributed by atoms with Crippen LogP contribution in [0.25, 0.3) is 0 Å². The van der Waals surface area contributed by atoms with Crippen molar-refractivity contribution in [3.05, 3.63) is 33.8 Å². The van der Waals surface area contributed by atoms with Crippen LogP contribution in [-0.2, 0) is 11.2 Å². The number of ketones is 1. The molecule has 1 aliphatic rings. The first-order valence-corrected chi connectivity index (χ1v) is 6.62. The van der Waals surface area contributed by atoms with Gasteiger partial charge in [0.2, 0.25) is 0 Å². The molecule has 17 heavy (non-hydrogen) atoms. The van der Waals surface area contributed by atoms with Crippen LogP contribution in [0, 0.1) is 0 Å². The molecule has 2 rings (SSSR count). The molecule has 1 N–H and O–H groups in total. The number of carbonyl (C=O) groups is 1. The number of hydrogen-bond acceptors (Lipinski definition) is 2. The number of hydrogen-bond donors (Lipinski definition) is 1. The molecular weight excluding hydrogens is 257 g/mol. The summed E-state index contributed by atoms with van der Waals surface area (Å²) in [5.74, 6) is 0.239. The molecule has 1 aromatic rings. The van der Waals surface area contributed by atoms with Crippen molar-refractivity contribution in [3.63, 3.8) is 0 Å². The highest BCUT2D eigenvalue weighted by molar-refractivity contribution is 6.42. The molecule has 0 spiro atoms. The Balaban J connectivity index is 1.99. The minimum atomic E-state index is 0.0122. The third kappa shape index (κ3) is 3.44. The lowest BCUT2D eigenvalue weighted by atomic mass is 9.97. The first kappa shape index (κ1) is 12.9. The van der Waals surface area contributed by atoms with Gasteiger partial charge in [0.1, 0.15) is 0 Å². The SMILES string of the molecule is O=C(Cc1ccc(Cl)c(Cl)c1)C1CCCCN1. The van der Waals surface area contributed by atoms with E-state index in [0.29, 0.717) is 16.5 Å². The van der Waals surface area contributed by atoms with Gasteiger partial charge in [0.05, 0.1) is 16.1 Å². The summed E-state index contributed by atoms with van der Waals surface area (Å²) in [6, 6.07) is 5.37. The predicted octanol–water partition coefficient (Wildman–Crippen LogP) is 3.25. The van der Waals surface area contributed by atoms with Gasteiger partial charge in [-0.25, -0.2) is 0 Å². The van der Waals surface area contributed by atoms with Gasteiger partial charge in [0.25, 0.3) is 0 Å². The fourth-order valence-corrected chi connectivity index (χ4v) is 2.42. The van der Waals surface area contributed by atoms with E-state index in [-0.39, 0.29) is 11.8 Å². The molecule has 1 unspecified atom stereocenters. The number of halogens is 2. The van der Waals surface area contributed by atoms with Gasteiger partial charge in [-0.3, -0.25) is 4.79 Å². The van der Waals surface area contributed by atoms with Gasteiger partial charge in [-0.05, 0) is 37.1 Å². The summed E-state index contributed by atoms with van der Waals surface area (Å²) < 4.78 is 0. The zero-order chi connectivity index (χ0) is 12.3. The average Bonchev–Trinajstić information content (AvgIpc) is 2.35. The molecule has 1 fully saturated rings. The van der Waals surface area contributed by atoms with Gasteiger partial charge in [0, 0.05) is 6.42 Å². The van der Waals surface area contributed by atoms with E-state index in [2.05, 4.69) is 5.32 Å². The Kier molecular flexibility index (Phi) is 4.43. The number of nitrogens with one attached hydrogen (secondary N) is 1. The Hall–Kier alpha value is -0.570. The highest BCUT2D eigenvalue weighted by Gasteiger charge is 2.20. The number of benzene rings is 1. The van der Waals surface area contributed by atoms with Crippen LogP contribution in [0.5, 0.6) is 0 Å². The van der Waals surface area contributed by atoms with E-state index in [1.54, 1.807) is 12.1 Å². The van der Waals surface area contributed by atoms with E-state index in [4.69, 9.17) is 23.2 Å². The van der Waals surface area contributed by atoms with E-state index in [0.717, 1.165) is 31.4 Å². The Morgan fingerprint density at radius 3 is 2.76 bits per heavy atom. The third-order valence-corrected chi connectivity index (χ3v) is 3.80. The van der Waals surface area contributed by atoms with Gasteiger partial charge >= 0.3 is 0 Å². The van der Waals surface area contributed by atoms with Crippen molar-refractivity contribution in [2.24, 2.45) is 0 Å². The number of rotatable bonds is 3. The molecule has 0 aliphatic carbocycles. The lowest BCUT2D eigenvalue weighted by Gasteiger charge is -2.22. The van der Waals surface area contributed by atoms with E-state index in [1.807, 2.05) is 6.07 Å². The maximum Gasteiger partial charge on any atom is 0.154 e. The van der Waals surface area contributed by atoms with Crippen LogP contribution in [0.15, 0.2) is 18.2 Å². The molecule has 0 saturated carbocycles. The Labute approximate surface area is 111 Å². The van der Waals surface area contributed by atoms with E-state index in [1.165, 1.54) is 0 Å². The van der Waals surface area contributed by atoms with Crippen LogP contribution in [0.2, 0.25) is 10.0 Å². The van der Waals surface area contributed by atoms with E-state index >= 15 is 0 Å². The Morgan fingerprint density at radius 1 is 1.29 bits per heavy atom. The normalized spacial score (nSPS) is 20.2. The first-order chi connectivity index (χ1) is 8.16. The zero-order valence-electron chi connectivity index (χ0n) is 9.51. The second-order valence-electron chi connectivity index (χ2n) is 4.39. The molecule has 1 saturated heterocycles. The smallest absolute Gasteiger partial charge is 0.154 e. The second-order valence-corrected chi connectivity index (χ2v) is 5.21. The lowest BCUT2D eigenvalue weighted by molar-refractivity contribution is -0.120. The monoisotopic (exact) mass is 271 g/mol. The molecule has 1 atom stereocenters. The number of carbonyl (C=O) groups excluding carboxylic acids is 1. The fraction of sp³-hybridized carbons (Fsp3) is 0.462. The van der Waals surface area contributed by atoms with Crippen LogP contribution in [-0.4, -0.2) is 18.4 Å². The van der Waals surface area contributed by atoms with Crippen molar-refractivity contribution in [2.45, 2.75) is 31.7 Å². The number of piperidine rings is 1. The molecule has 1 aromatic carbocycles. The molecule has 92 valence electrons. The van der Waals surface area contributed by atoms with Crippen molar-refractivity contribution < 1.29 is 4.79 Å². The highest BCUT2D eigenvalue weighted by Crippen LogP contribution is 2.23. The summed E-state index contributed by atoms with van der Waals surface area (Å²) in [5, 5.41) is 4.29. The maximum absolute atomic E-state index is 12.0. The predicted molar refractivity (Wildman–Crippen MR) is 70.8 cm³/mol. The first-order valence-electron chi connectivity index (χ1n) is 5.87. The van der Waals surface area contributed by atoms with Crippen molar-refractivity contribution in [2.75, 3.05) is 6.54 Å². The molecule has 4 heteroatoms. The van der Waals surface area contributed by atoms with Crippen LogP contribution < -0.4 is 5.32 Å². The van der Waals surface area contributed by atoms with Crippen LogP contribution in [0.4, 0.5) is 0 Å². The van der Waals surface area contributed by atoms with Crippen molar-refractivity contribution >= 4 is 29.0 Å². The van der Waals surface area contributed by atoms with Crippen molar-refractivity contribution in [3.8, 4) is 0 Å².